The first-order valence-electron chi connectivity index (χ1n) is 5.32. The van der Waals surface area contributed by atoms with E-state index in [1.807, 2.05) is 6.92 Å². The molecule has 0 spiro atoms. The SMILES string of the molecule is CC1C(CO)CC(=O)N1c1ccccc1F. The fraction of sp³-hybridized carbons (Fsp3) is 0.417. The zero-order valence-corrected chi connectivity index (χ0v) is 9.06. The number of hydrogen-bond donors (Lipinski definition) is 1. The van der Waals surface area contributed by atoms with Crippen LogP contribution in [0.1, 0.15) is 13.3 Å². The maximum atomic E-state index is 13.6. The molecule has 1 amide bonds. The van der Waals surface area contributed by atoms with Crippen molar-refractivity contribution in [2.75, 3.05) is 11.5 Å². The first-order valence-corrected chi connectivity index (χ1v) is 5.32. The van der Waals surface area contributed by atoms with Crippen LogP contribution in [0.2, 0.25) is 0 Å². The van der Waals surface area contributed by atoms with Crippen LogP contribution in [0, 0.1) is 11.7 Å². The highest BCUT2D eigenvalue weighted by Crippen LogP contribution is 2.31. The van der Waals surface area contributed by atoms with Crippen molar-refractivity contribution in [1.29, 1.82) is 0 Å². The molecule has 0 aromatic heterocycles. The number of hydrogen-bond acceptors (Lipinski definition) is 2. The fourth-order valence-electron chi connectivity index (χ4n) is 2.15. The number of amides is 1. The van der Waals surface area contributed by atoms with Gasteiger partial charge in [-0.05, 0) is 19.1 Å². The molecule has 1 aliphatic heterocycles. The highest BCUT2D eigenvalue weighted by molar-refractivity contribution is 5.96. The second kappa shape index (κ2) is 4.22. The van der Waals surface area contributed by atoms with Gasteiger partial charge in [0.05, 0.1) is 5.69 Å². The summed E-state index contributed by atoms with van der Waals surface area (Å²) in [5.41, 5.74) is 0.302. The summed E-state index contributed by atoms with van der Waals surface area (Å²) < 4.78 is 13.6. The summed E-state index contributed by atoms with van der Waals surface area (Å²) in [5, 5.41) is 9.12. The lowest BCUT2D eigenvalue weighted by Crippen LogP contribution is -2.34. The van der Waals surface area contributed by atoms with Gasteiger partial charge in [0.1, 0.15) is 5.82 Å². The van der Waals surface area contributed by atoms with E-state index in [4.69, 9.17) is 5.11 Å². The number of carbonyl (C=O) groups is 1. The molecule has 0 bridgehead atoms. The van der Waals surface area contributed by atoms with Crippen LogP contribution in [0.25, 0.3) is 0 Å². The van der Waals surface area contributed by atoms with E-state index in [0.717, 1.165) is 0 Å². The summed E-state index contributed by atoms with van der Waals surface area (Å²) in [6.45, 7) is 1.79. The van der Waals surface area contributed by atoms with Crippen LogP contribution in [-0.2, 0) is 4.79 Å². The number of para-hydroxylation sites is 1. The van der Waals surface area contributed by atoms with Crippen molar-refractivity contribution in [2.24, 2.45) is 5.92 Å². The van der Waals surface area contributed by atoms with Crippen molar-refractivity contribution in [3.63, 3.8) is 0 Å². The van der Waals surface area contributed by atoms with Crippen LogP contribution in [0.15, 0.2) is 24.3 Å². The van der Waals surface area contributed by atoms with Crippen molar-refractivity contribution in [2.45, 2.75) is 19.4 Å². The molecule has 0 radical (unpaired) electrons. The topological polar surface area (TPSA) is 40.5 Å². The van der Waals surface area contributed by atoms with Gasteiger partial charge in [0, 0.05) is 25.0 Å². The van der Waals surface area contributed by atoms with Gasteiger partial charge >= 0.3 is 0 Å². The molecule has 3 nitrogen and oxygen atoms in total. The number of rotatable bonds is 2. The third-order valence-corrected chi connectivity index (χ3v) is 3.14. The second-order valence-electron chi connectivity index (χ2n) is 4.10. The summed E-state index contributed by atoms with van der Waals surface area (Å²) in [7, 11) is 0. The molecule has 0 saturated carbocycles. The average Bonchev–Trinajstić information content (AvgIpc) is 2.55. The summed E-state index contributed by atoms with van der Waals surface area (Å²) in [6.07, 6.45) is 0.284. The van der Waals surface area contributed by atoms with E-state index >= 15 is 0 Å². The largest absolute Gasteiger partial charge is 0.396 e. The molecule has 1 N–H and O–H groups in total. The van der Waals surface area contributed by atoms with Gasteiger partial charge in [0.15, 0.2) is 0 Å². The summed E-state index contributed by atoms with van der Waals surface area (Å²) in [6, 6.07) is 6.05. The van der Waals surface area contributed by atoms with E-state index in [-0.39, 0.29) is 30.9 Å². The number of nitrogens with zero attached hydrogens (tertiary/aromatic N) is 1. The molecule has 1 heterocycles. The van der Waals surface area contributed by atoms with E-state index in [1.54, 1.807) is 18.2 Å². The average molecular weight is 223 g/mol. The summed E-state index contributed by atoms with van der Waals surface area (Å²) in [4.78, 5) is 13.2. The number of halogens is 1. The van der Waals surface area contributed by atoms with Crippen molar-refractivity contribution >= 4 is 11.6 Å². The Labute approximate surface area is 93.5 Å². The number of aliphatic hydroxyl groups is 1. The Morgan fingerprint density at radius 2 is 2.19 bits per heavy atom. The Hall–Kier alpha value is -1.42. The number of carbonyl (C=O) groups excluding carboxylic acids is 1. The maximum Gasteiger partial charge on any atom is 0.227 e. The van der Waals surface area contributed by atoms with Gasteiger partial charge in [-0.3, -0.25) is 4.79 Å². The molecule has 1 fully saturated rings. The zero-order chi connectivity index (χ0) is 11.7. The van der Waals surface area contributed by atoms with Crippen LogP contribution in [-0.4, -0.2) is 23.7 Å². The molecular formula is C12H14FNO2. The lowest BCUT2D eigenvalue weighted by atomic mass is 10.0. The van der Waals surface area contributed by atoms with E-state index in [2.05, 4.69) is 0 Å². The molecule has 16 heavy (non-hydrogen) atoms. The molecule has 2 unspecified atom stereocenters. The van der Waals surface area contributed by atoms with Crippen LogP contribution in [0.3, 0.4) is 0 Å². The highest BCUT2D eigenvalue weighted by Gasteiger charge is 2.38. The monoisotopic (exact) mass is 223 g/mol. The Balaban J connectivity index is 2.35. The van der Waals surface area contributed by atoms with Crippen molar-refractivity contribution < 1.29 is 14.3 Å². The Kier molecular flexibility index (Phi) is 2.92. The van der Waals surface area contributed by atoms with Gasteiger partial charge in [0.2, 0.25) is 5.91 Å². The predicted octanol–water partition coefficient (Wildman–Crippen LogP) is 1.56. The van der Waals surface area contributed by atoms with E-state index < -0.39 is 5.82 Å². The zero-order valence-electron chi connectivity index (χ0n) is 9.06. The van der Waals surface area contributed by atoms with E-state index in [0.29, 0.717) is 5.69 Å². The smallest absolute Gasteiger partial charge is 0.227 e. The third kappa shape index (κ3) is 1.69. The minimum Gasteiger partial charge on any atom is -0.396 e. The first kappa shape index (κ1) is 11.1. The molecule has 2 atom stereocenters. The van der Waals surface area contributed by atoms with Gasteiger partial charge in [-0.15, -0.1) is 0 Å². The van der Waals surface area contributed by atoms with Gasteiger partial charge in [-0.1, -0.05) is 12.1 Å². The number of benzene rings is 1. The lowest BCUT2D eigenvalue weighted by Gasteiger charge is -2.24. The van der Waals surface area contributed by atoms with Crippen LogP contribution in [0.4, 0.5) is 10.1 Å². The summed E-state index contributed by atoms with van der Waals surface area (Å²) in [5.74, 6) is -0.634. The maximum absolute atomic E-state index is 13.6. The van der Waals surface area contributed by atoms with Gasteiger partial charge in [-0.2, -0.15) is 0 Å². The minimum absolute atomic E-state index is 0.0438. The Morgan fingerprint density at radius 1 is 1.50 bits per heavy atom. The van der Waals surface area contributed by atoms with Crippen LogP contribution < -0.4 is 4.90 Å². The Morgan fingerprint density at radius 3 is 2.75 bits per heavy atom. The quantitative estimate of drug-likeness (QED) is 0.826. The molecule has 1 aromatic carbocycles. The number of anilines is 1. The molecule has 1 aliphatic rings. The Bertz CT molecular complexity index is 408. The van der Waals surface area contributed by atoms with E-state index in [1.165, 1.54) is 11.0 Å². The van der Waals surface area contributed by atoms with E-state index in [9.17, 15) is 9.18 Å². The molecule has 2 rings (SSSR count). The lowest BCUT2D eigenvalue weighted by molar-refractivity contribution is -0.117. The number of aliphatic hydroxyl groups excluding tert-OH is 1. The molecular weight excluding hydrogens is 209 g/mol. The van der Waals surface area contributed by atoms with Crippen LogP contribution in [0.5, 0.6) is 0 Å². The van der Waals surface area contributed by atoms with Crippen LogP contribution >= 0.6 is 0 Å². The standard InChI is InChI=1S/C12H14FNO2/c1-8-9(7-15)6-12(16)14(8)11-5-3-2-4-10(11)13/h2-5,8-9,15H,6-7H2,1H3. The molecule has 0 aliphatic carbocycles. The normalized spacial score (nSPS) is 25.2. The van der Waals surface area contributed by atoms with Crippen molar-refractivity contribution in [1.82, 2.24) is 0 Å². The third-order valence-electron chi connectivity index (χ3n) is 3.14. The first-order chi connectivity index (χ1) is 7.65. The molecule has 1 saturated heterocycles. The van der Waals surface area contributed by atoms with Crippen molar-refractivity contribution in [3.8, 4) is 0 Å². The van der Waals surface area contributed by atoms with Gasteiger partial charge in [0.25, 0.3) is 0 Å². The van der Waals surface area contributed by atoms with Crippen molar-refractivity contribution in [3.05, 3.63) is 30.1 Å². The summed E-state index contributed by atoms with van der Waals surface area (Å²) >= 11 is 0. The molecule has 1 aromatic rings. The molecule has 86 valence electrons. The molecule has 4 heteroatoms. The minimum atomic E-state index is -0.402. The van der Waals surface area contributed by atoms with Gasteiger partial charge in [-0.25, -0.2) is 4.39 Å². The van der Waals surface area contributed by atoms with Gasteiger partial charge < -0.3 is 10.0 Å². The fourth-order valence-corrected chi connectivity index (χ4v) is 2.15. The highest BCUT2D eigenvalue weighted by atomic mass is 19.1. The second-order valence-corrected chi connectivity index (χ2v) is 4.10. The predicted molar refractivity (Wildman–Crippen MR) is 58.5 cm³/mol.